The van der Waals surface area contributed by atoms with Gasteiger partial charge in [0.05, 0.1) is 34.5 Å². The Balaban J connectivity index is 2.27. The van der Waals surface area contributed by atoms with Gasteiger partial charge >= 0.3 is 0 Å². The lowest BCUT2D eigenvalue weighted by Gasteiger charge is -2.22. The fraction of sp³-hybridized carbons (Fsp3) is 0.381. The number of fused-ring (bicyclic) bond motifs is 3. The maximum Gasteiger partial charge on any atom is 0.283 e. The molecule has 0 radical (unpaired) electrons. The molecule has 7 nitrogen and oxygen atoms in total. The summed E-state index contributed by atoms with van der Waals surface area (Å²) in [6, 6.07) is 1.74. The molecule has 0 saturated carbocycles. The van der Waals surface area contributed by atoms with Crippen LogP contribution in [0.2, 0.25) is 0 Å². The van der Waals surface area contributed by atoms with Crippen LogP contribution in [0, 0.1) is 0 Å². The number of amides is 1. The lowest BCUT2D eigenvalue weighted by molar-refractivity contribution is -0.119. The number of aryl methyl sites for hydroxylation is 1. The van der Waals surface area contributed by atoms with Crippen LogP contribution in [0.25, 0.3) is 5.57 Å². The Hall–Kier alpha value is -3.09. The molecule has 1 N–H and O–H groups in total. The Labute approximate surface area is 164 Å². The van der Waals surface area contributed by atoms with Crippen LogP contribution >= 0.6 is 0 Å². The second-order valence-corrected chi connectivity index (χ2v) is 6.43. The molecule has 1 atom stereocenters. The average molecular weight is 387 g/mol. The van der Waals surface area contributed by atoms with Crippen LogP contribution in [-0.4, -0.2) is 40.4 Å². The van der Waals surface area contributed by atoms with Crippen molar-refractivity contribution in [3.8, 4) is 17.2 Å². The summed E-state index contributed by atoms with van der Waals surface area (Å²) in [5.41, 5.74) is 3.63. The SMILES string of the molecule is COC1=CC=C2C(=CO1)C(NC(C)=O)CCc1cc(OC)c(OC)c(OC)c12. The highest BCUT2D eigenvalue weighted by atomic mass is 16.7. The Morgan fingerprint density at radius 1 is 1.07 bits per heavy atom. The number of nitrogens with one attached hydrogen (secondary N) is 1. The molecule has 1 aromatic carbocycles. The zero-order chi connectivity index (χ0) is 20.3. The van der Waals surface area contributed by atoms with Crippen molar-refractivity contribution in [1.29, 1.82) is 0 Å². The molecule has 0 bridgehead atoms. The van der Waals surface area contributed by atoms with Crippen molar-refractivity contribution >= 4 is 11.5 Å². The van der Waals surface area contributed by atoms with Crippen molar-refractivity contribution in [3.05, 3.63) is 47.1 Å². The smallest absolute Gasteiger partial charge is 0.283 e. The molecular weight excluding hydrogens is 362 g/mol. The van der Waals surface area contributed by atoms with E-state index in [-0.39, 0.29) is 11.9 Å². The molecule has 1 aromatic rings. The van der Waals surface area contributed by atoms with Crippen LogP contribution in [0.1, 0.15) is 24.5 Å². The van der Waals surface area contributed by atoms with E-state index in [1.54, 1.807) is 33.7 Å². The number of carbonyl (C=O) groups excluding carboxylic acids is 1. The van der Waals surface area contributed by atoms with Gasteiger partial charge in [-0.15, -0.1) is 0 Å². The van der Waals surface area contributed by atoms with Crippen LogP contribution in [-0.2, 0) is 20.7 Å². The molecule has 1 aliphatic heterocycles. The molecule has 0 fully saturated rings. The number of rotatable bonds is 5. The minimum atomic E-state index is -0.220. The summed E-state index contributed by atoms with van der Waals surface area (Å²) < 4.78 is 27.7. The van der Waals surface area contributed by atoms with E-state index in [0.29, 0.717) is 36.0 Å². The lowest BCUT2D eigenvalue weighted by Crippen LogP contribution is -2.34. The molecule has 3 rings (SSSR count). The molecule has 0 saturated heterocycles. The zero-order valence-electron chi connectivity index (χ0n) is 16.8. The molecule has 2 aliphatic rings. The van der Waals surface area contributed by atoms with Crippen LogP contribution in [0.4, 0.5) is 0 Å². The molecule has 0 spiro atoms. The predicted molar refractivity (Wildman–Crippen MR) is 104 cm³/mol. The van der Waals surface area contributed by atoms with E-state index in [0.717, 1.165) is 22.3 Å². The number of ether oxygens (including phenoxy) is 5. The maximum absolute atomic E-state index is 11.8. The Kier molecular flexibility index (Phi) is 5.82. The fourth-order valence-corrected chi connectivity index (χ4v) is 3.64. The van der Waals surface area contributed by atoms with Crippen molar-refractivity contribution in [2.75, 3.05) is 28.4 Å². The molecule has 1 aliphatic carbocycles. The van der Waals surface area contributed by atoms with E-state index < -0.39 is 0 Å². The highest BCUT2D eigenvalue weighted by Crippen LogP contribution is 2.49. The Bertz CT molecular complexity index is 868. The van der Waals surface area contributed by atoms with Gasteiger partial charge in [-0.3, -0.25) is 4.79 Å². The number of allylic oxidation sites excluding steroid dienone is 2. The minimum Gasteiger partial charge on any atom is -0.493 e. The van der Waals surface area contributed by atoms with Gasteiger partial charge in [0.15, 0.2) is 11.5 Å². The summed E-state index contributed by atoms with van der Waals surface area (Å²) in [4.78, 5) is 11.8. The zero-order valence-corrected chi connectivity index (χ0v) is 16.8. The summed E-state index contributed by atoms with van der Waals surface area (Å²) in [6.07, 6.45) is 6.69. The van der Waals surface area contributed by atoms with Gasteiger partial charge in [0.2, 0.25) is 11.7 Å². The van der Waals surface area contributed by atoms with Gasteiger partial charge in [0, 0.05) is 24.1 Å². The normalized spacial score (nSPS) is 17.9. The molecule has 1 unspecified atom stereocenters. The molecule has 1 amide bonds. The Morgan fingerprint density at radius 3 is 2.43 bits per heavy atom. The van der Waals surface area contributed by atoms with Crippen LogP contribution in [0.15, 0.2) is 36.0 Å². The van der Waals surface area contributed by atoms with Crippen molar-refractivity contribution < 1.29 is 28.5 Å². The Morgan fingerprint density at radius 2 is 1.82 bits per heavy atom. The number of hydrogen-bond acceptors (Lipinski definition) is 6. The summed E-state index contributed by atoms with van der Waals surface area (Å²) in [5, 5.41) is 3.02. The summed E-state index contributed by atoms with van der Waals surface area (Å²) in [6.45, 7) is 1.50. The highest BCUT2D eigenvalue weighted by molar-refractivity contribution is 5.89. The summed E-state index contributed by atoms with van der Waals surface area (Å²) in [5.74, 6) is 1.94. The van der Waals surface area contributed by atoms with Gasteiger partial charge in [-0.2, -0.15) is 0 Å². The minimum absolute atomic E-state index is 0.109. The molecule has 28 heavy (non-hydrogen) atoms. The second kappa shape index (κ2) is 8.29. The van der Waals surface area contributed by atoms with Gasteiger partial charge in [-0.25, -0.2) is 0 Å². The fourth-order valence-electron chi connectivity index (χ4n) is 3.64. The summed E-state index contributed by atoms with van der Waals surface area (Å²) in [7, 11) is 6.31. The van der Waals surface area contributed by atoms with Crippen LogP contribution in [0.5, 0.6) is 17.2 Å². The molecule has 0 aromatic heterocycles. The third-order valence-electron chi connectivity index (χ3n) is 4.84. The molecule has 7 heteroatoms. The van der Waals surface area contributed by atoms with Crippen LogP contribution in [0.3, 0.4) is 0 Å². The van der Waals surface area contributed by atoms with Gasteiger partial charge in [0.25, 0.3) is 5.95 Å². The summed E-state index contributed by atoms with van der Waals surface area (Å²) >= 11 is 0. The van der Waals surface area contributed by atoms with Gasteiger partial charge in [-0.1, -0.05) is 0 Å². The van der Waals surface area contributed by atoms with E-state index in [1.807, 2.05) is 12.1 Å². The van der Waals surface area contributed by atoms with Crippen molar-refractivity contribution in [1.82, 2.24) is 5.32 Å². The topological polar surface area (TPSA) is 75.3 Å². The molecule has 150 valence electrons. The number of methoxy groups -OCH3 is 4. The van der Waals surface area contributed by atoms with E-state index in [1.165, 1.54) is 14.0 Å². The van der Waals surface area contributed by atoms with Crippen molar-refractivity contribution in [3.63, 3.8) is 0 Å². The molecule has 1 heterocycles. The third-order valence-corrected chi connectivity index (χ3v) is 4.84. The van der Waals surface area contributed by atoms with Crippen molar-refractivity contribution in [2.24, 2.45) is 0 Å². The first-order valence-corrected chi connectivity index (χ1v) is 8.96. The number of carbonyl (C=O) groups is 1. The van der Waals surface area contributed by atoms with Crippen LogP contribution < -0.4 is 19.5 Å². The van der Waals surface area contributed by atoms with E-state index in [9.17, 15) is 4.79 Å². The number of benzene rings is 1. The second-order valence-electron chi connectivity index (χ2n) is 6.43. The number of hydrogen-bond donors (Lipinski definition) is 1. The van der Waals surface area contributed by atoms with E-state index >= 15 is 0 Å². The first kappa shape index (κ1) is 19.7. The van der Waals surface area contributed by atoms with E-state index in [4.69, 9.17) is 23.7 Å². The molecular formula is C21H25NO6. The van der Waals surface area contributed by atoms with Gasteiger partial charge in [0.1, 0.15) is 6.26 Å². The average Bonchev–Trinajstić information content (AvgIpc) is 2.98. The lowest BCUT2D eigenvalue weighted by atomic mass is 9.92. The quantitative estimate of drug-likeness (QED) is 0.837. The maximum atomic E-state index is 11.8. The monoisotopic (exact) mass is 387 g/mol. The van der Waals surface area contributed by atoms with Gasteiger partial charge in [-0.05, 0) is 36.1 Å². The van der Waals surface area contributed by atoms with Crippen molar-refractivity contribution in [2.45, 2.75) is 25.8 Å². The standard InChI is InChI=1S/C21H25NO6/c1-12(23)22-16-8-6-13-10-17(24-2)20(26-4)21(27-5)19(13)14-7-9-18(25-3)28-11-15(14)16/h7,9-11,16H,6,8H2,1-5H3,(H,22,23). The largest absolute Gasteiger partial charge is 0.493 e. The van der Waals surface area contributed by atoms with Gasteiger partial charge < -0.3 is 29.0 Å². The predicted octanol–water partition coefficient (Wildman–Crippen LogP) is 2.95. The third kappa shape index (κ3) is 3.52. The highest BCUT2D eigenvalue weighted by Gasteiger charge is 2.32. The first-order valence-electron chi connectivity index (χ1n) is 8.96. The van der Waals surface area contributed by atoms with E-state index in [2.05, 4.69) is 5.32 Å². The first-order chi connectivity index (χ1) is 13.5.